The summed E-state index contributed by atoms with van der Waals surface area (Å²) in [6.07, 6.45) is 35.5. The van der Waals surface area contributed by atoms with Gasteiger partial charge in [0, 0.05) is 0 Å². The number of hydrogen-bond donors (Lipinski definition) is 5. The zero-order valence-corrected chi connectivity index (χ0v) is 28.9. The van der Waals surface area contributed by atoms with Crippen LogP contribution in [-0.2, 0) is 4.79 Å². The number of carbonyl (C=O) groups excluding carboxylic acids is 1. The van der Waals surface area contributed by atoms with Crippen molar-refractivity contribution >= 4 is 5.91 Å². The lowest BCUT2D eigenvalue weighted by atomic mass is 9.99. The minimum Gasteiger partial charge on any atom is -0.394 e. The van der Waals surface area contributed by atoms with Crippen molar-refractivity contribution in [3.05, 3.63) is 24.3 Å². The van der Waals surface area contributed by atoms with Gasteiger partial charge in [-0.25, -0.2) is 0 Å². The molecule has 0 fully saturated rings. The van der Waals surface area contributed by atoms with E-state index < -0.39 is 36.9 Å². The lowest BCUT2D eigenvalue weighted by Crippen LogP contribution is -2.53. The van der Waals surface area contributed by atoms with Crippen LogP contribution in [0.15, 0.2) is 24.3 Å². The molecule has 6 nitrogen and oxygen atoms in total. The molecule has 4 atom stereocenters. The van der Waals surface area contributed by atoms with Crippen LogP contribution in [0.4, 0.5) is 0 Å². The summed E-state index contributed by atoms with van der Waals surface area (Å²) < 4.78 is 0. The largest absolute Gasteiger partial charge is 0.394 e. The second-order valence-corrected chi connectivity index (χ2v) is 12.9. The maximum absolute atomic E-state index is 12.3. The first-order valence-electron chi connectivity index (χ1n) is 18.7. The molecular weight excluding hydrogens is 550 g/mol. The number of unbranched alkanes of at least 4 members (excludes halogenated alkanes) is 20. The van der Waals surface area contributed by atoms with Crippen molar-refractivity contribution in [2.75, 3.05) is 6.61 Å². The SMILES string of the molecule is CCCCCCCCCCC/C=C\C/C=C\CCCCCCCCCCC(O)C(=O)NC(CO)C(O)C(O)CCCCCC. The van der Waals surface area contributed by atoms with E-state index in [2.05, 4.69) is 43.5 Å². The summed E-state index contributed by atoms with van der Waals surface area (Å²) in [5.41, 5.74) is 0. The van der Waals surface area contributed by atoms with Gasteiger partial charge in [-0.3, -0.25) is 4.79 Å². The summed E-state index contributed by atoms with van der Waals surface area (Å²) in [5, 5.41) is 42.8. The highest BCUT2D eigenvalue weighted by molar-refractivity contribution is 5.80. The standard InChI is InChI=1S/C38H73NO5/c1-3-5-7-9-10-11-12-13-14-15-16-17-18-19-20-21-22-23-24-25-26-27-28-30-32-36(42)38(44)39-34(33-40)37(43)35(41)31-29-8-6-4-2/h16-17,19-20,34-37,40-43H,3-15,18,21-33H2,1-2H3,(H,39,44)/b17-16-,20-19-. The van der Waals surface area contributed by atoms with Gasteiger partial charge in [0.15, 0.2) is 0 Å². The molecule has 44 heavy (non-hydrogen) atoms. The van der Waals surface area contributed by atoms with Crippen LogP contribution >= 0.6 is 0 Å². The molecular formula is C38H73NO5. The van der Waals surface area contributed by atoms with Crippen LogP contribution in [0.2, 0.25) is 0 Å². The molecule has 0 aliphatic carbocycles. The molecule has 0 aromatic rings. The van der Waals surface area contributed by atoms with Crippen LogP contribution in [0.25, 0.3) is 0 Å². The van der Waals surface area contributed by atoms with Gasteiger partial charge in [0.2, 0.25) is 5.91 Å². The quantitative estimate of drug-likeness (QED) is 0.0371. The van der Waals surface area contributed by atoms with E-state index in [4.69, 9.17) is 0 Å². The smallest absolute Gasteiger partial charge is 0.249 e. The summed E-state index contributed by atoms with van der Waals surface area (Å²) in [5.74, 6) is -0.597. The fraction of sp³-hybridized carbons (Fsp3) is 0.868. The third-order valence-electron chi connectivity index (χ3n) is 8.67. The highest BCUT2D eigenvalue weighted by Gasteiger charge is 2.28. The fourth-order valence-electron chi connectivity index (χ4n) is 5.61. The molecule has 0 rings (SSSR count). The van der Waals surface area contributed by atoms with E-state index in [0.717, 1.165) is 57.8 Å². The van der Waals surface area contributed by atoms with E-state index in [1.807, 2.05) is 0 Å². The molecule has 0 radical (unpaired) electrons. The molecule has 6 heteroatoms. The molecule has 0 saturated carbocycles. The van der Waals surface area contributed by atoms with E-state index in [0.29, 0.717) is 12.8 Å². The maximum Gasteiger partial charge on any atom is 0.249 e. The van der Waals surface area contributed by atoms with Crippen LogP contribution in [-0.4, -0.2) is 57.3 Å². The van der Waals surface area contributed by atoms with Gasteiger partial charge in [-0.2, -0.15) is 0 Å². The first kappa shape index (κ1) is 42.8. The number of nitrogens with one attached hydrogen (secondary N) is 1. The van der Waals surface area contributed by atoms with E-state index in [1.54, 1.807) is 0 Å². The number of aliphatic hydroxyl groups is 4. The highest BCUT2D eigenvalue weighted by atomic mass is 16.3. The molecule has 0 aliphatic rings. The van der Waals surface area contributed by atoms with E-state index >= 15 is 0 Å². The topological polar surface area (TPSA) is 110 Å². The predicted octanol–water partition coefficient (Wildman–Crippen LogP) is 8.84. The van der Waals surface area contributed by atoms with Gasteiger partial charge in [0.1, 0.15) is 12.2 Å². The van der Waals surface area contributed by atoms with Crippen LogP contribution in [0, 0.1) is 0 Å². The van der Waals surface area contributed by atoms with E-state index in [1.165, 1.54) is 96.3 Å². The summed E-state index contributed by atoms with van der Waals surface area (Å²) in [7, 11) is 0. The first-order chi connectivity index (χ1) is 21.5. The van der Waals surface area contributed by atoms with Gasteiger partial charge >= 0.3 is 0 Å². The third kappa shape index (κ3) is 27.1. The lowest BCUT2D eigenvalue weighted by Gasteiger charge is -2.27. The number of hydrogen-bond acceptors (Lipinski definition) is 5. The van der Waals surface area contributed by atoms with Crippen molar-refractivity contribution in [3.8, 4) is 0 Å². The molecule has 0 spiro atoms. The Hall–Kier alpha value is -1.21. The summed E-state index contributed by atoms with van der Waals surface area (Å²) in [6.45, 7) is 3.89. The fourth-order valence-corrected chi connectivity index (χ4v) is 5.61. The second-order valence-electron chi connectivity index (χ2n) is 12.9. The molecule has 0 aromatic heterocycles. The Bertz CT molecular complexity index is 668. The molecule has 0 heterocycles. The number of allylic oxidation sites excluding steroid dienone is 4. The third-order valence-corrected chi connectivity index (χ3v) is 8.67. The van der Waals surface area contributed by atoms with Gasteiger partial charge in [-0.05, 0) is 44.9 Å². The molecule has 4 unspecified atom stereocenters. The van der Waals surface area contributed by atoms with E-state index in [9.17, 15) is 25.2 Å². The van der Waals surface area contributed by atoms with Gasteiger partial charge in [0.05, 0.1) is 18.8 Å². The van der Waals surface area contributed by atoms with Crippen molar-refractivity contribution in [2.45, 2.75) is 205 Å². The second kappa shape index (κ2) is 33.2. The van der Waals surface area contributed by atoms with Gasteiger partial charge < -0.3 is 25.7 Å². The van der Waals surface area contributed by atoms with Crippen LogP contribution in [0.5, 0.6) is 0 Å². The minimum atomic E-state index is -1.25. The molecule has 0 aliphatic heterocycles. The van der Waals surface area contributed by atoms with Crippen molar-refractivity contribution in [3.63, 3.8) is 0 Å². The number of carbonyl (C=O) groups is 1. The average Bonchev–Trinajstić information content (AvgIpc) is 3.03. The van der Waals surface area contributed by atoms with Crippen molar-refractivity contribution in [2.24, 2.45) is 0 Å². The summed E-state index contributed by atoms with van der Waals surface area (Å²) >= 11 is 0. The Balaban J connectivity index is 3.64. The van der Waals surface area contributed by atoms with E-state index in [-0.39, 0.29) is 0 Å². The summed E-state index contributed by atoms with van der Waals surface area (Å²) in [4.78, 5) is 12.3. The Labute approximate surface area is 272 Å². The molecule has 0 bridgehead atoms. The first-order valence-corrected chi connectivity index (χ1v) is 18.7. The zero-order chi connectivity index (χ0) is 32.5. The lowest BCUT2D eigenvalue weighted by molar-refractivity contribution is -0.132. The highest BCUT2D eigenvalue weighted by Crippen LogP contribution is 2.14. The monoisotopic (exact) mass is 624 g/mol. The molecule has 0 saturated heterocycles. The molecule has 1 amide bonds. The maximum atomic E-state index is 12.3. The van der Waals surface area contributed by atoms with Crippen molar-refractivity contribution in [1.82, 2.24) is 5.32 Å². The Morgan fingerprint density at radius 1 is 0.568 bits per heavy atom. The molecule has 0 aromatic carbocycles. The number of amides is 1. The van der Waals surface area contributed by atoms with Crippen LogP contribution < -0.4 is 5.32 Å². The number of rotatable bonds is 33. The minimum absolute atomic E-state index is 0.362. The van der Waals surface area contributed by atoms with Gasteiger partial charge in [-0.15, -0.1) is 0 Å². The molecule has 5 N–H and O–H groups in total. The normalized spacial score (nSPS) is 14.8. The molecule has 260 valence electrons. The summed E-state index contributed by atoms with van der Waals surface area (Å²) in [6, 6.07) is -0.982. The Morgan fingerprint density at radius 3 is 1.45 bits per heavy atom. The Morgan fingerprint density at radius 2 is 0.977 bits per heavy atom. The van der Waals surface area contributed by atoms with Crippen molar-refractivity contribution in [1.29, 1.82) is 0 Å². The zero-order valence-electron chi connectivity index (χ0n) is 28.9. The number of aliphatic hydroxyl groups excluding tert-OH is 4. The van der Waals surface area contributed by atoms with Crippen LogP contribution in [0.3, 0.4) is 0 Å². The van der Waals surface area contributed by atoms with Gasteiger partial charge in [0.25, 0.3) is 0 Å². The van der Waals surface area contributed by atoms with Crippen molar-refractivity contribution < 1.29 is 25.2 Å². The van der Waals surface area contributed by atoms with Gasteiger partial charge in [-0.1, -0.05) is 160 Å². The average molecular weight is 624 g/mol. The predicted molar refractivity (Wildman–Crippen MR) is 187 cm³/mol. The van der Waals surface area contributed by atoms with Crippen LogP contribution in [0.1, 0.15) is 181 Å². The Kier molecular flexibility index (Phi) is 32.2.